The maximum Gasteiger partial charge on any atom is 0.336 e. The Labute approximate surface area is 150 Å². The number of ether oxygens (including phenoxy) is 1. The van der Waals surface area contributed by atoms with Crippen molar-refractivity contribution in [3.63, 3.8) is 0 Å². The number of nitrogens with zero attached hydrogens (tertiary/aromatic N) is 1. The van der Waals surface area contributed by atoms with Gasteiger partial charge in [-0.25, -0.2) is 9.78 Å². The monoisotopic (exact) mass is 350 g/mol. The number of aromatic carboxylic acids is 1. The van der Waals surface area contributed by atoms with Crippen molar-refractivity contribution in [3.05, 3.63) is 54.1 Å². The minimum absolute atomic E-state index is 0.160. The molecule has 0 aliphatic rings. The molecule has 26 heavy (non-hydrogen) atoms. The number of amides is 1. The second kappa shape index (κ2) is 7.23. The van der Waals surface area contributed by atoms with E-state index in [-0.39, 0.29) is 11.5 Å². The van der Waals surface area contributed by atoms with Gasteiger partial charge in [0.1, 0.15) is 5.75 Å². The Morgan fingerprint density at radius 3 is 2.46 bits per heavy atom. The van der Waals surface area contributed by atoms with Crippen molar-refractivity contribution in [2.75, 3.05) is 11.9 Å². The largest absolute Gasteiger partial charge is 0.494 e. The number of carbonyl (C=O) groups excluding carboxylic acids is 1. The summed E-state index contributed by atoms with van der Waals surface area (Å²) in [6.07, 6.45) is 0. The van der Waals surface area contributed by atoms with Gasteiger partial charge < -0.3 is 15.2 Å². The van der Waals surface area contributed by atoms with E-state index < -0.39 is 5.97 Å². The van der Waals surface area contributed by atoms with E-state index in [1.54, 1.807) is 24.3 Å². The highest BCUT2D eigenvalue weighted by Crippen LogP contribution is 2.28. The lowest BCUT2D eigenvalue weighted by atomic mass is 10.0. The highest BCUT2D eigenvalue weighted by atomic mass is 16.5. The average Bonchev–Trinajstić information content (AvgIpc) is 2.61. The van der Waals surface area contributed by atoms with E-state index in [9.17, 15) is 14.7 Å². The molecule has 1 heterocycles. The average molecular weight is 350 g/mol. The maximum atomic E-state index is 11.7. The topological polar surface area (TPSA) is 88.5 Å². The van der Waals surface area contributed by atoms with Gasteiger partial charge in [0.05, 0.1) is 23.4 Å². The van der Waals surface area contributed by atoms with Gasteiger partial charge in [-0.3, -0.25) is 4.79 Å². The first-order valence-electron chi connectivity index (χ1n) is 8.17. The van der Waals surface area contributed by atoms with Crippen LogP contribution in [-0.2, 0) is 4.79 Å². The molecule has 1 amide bonds. The predicted molar refractivity (Wildman–Crippen MR) is 99.6 cm³/mol. The standard InChI is InChI=1S/C20H18N2O4/c1-3-26-15-7-4-13(5-8-15)18-11-17(20(24)25)16-9-6-14(21-12(2)23)10-19(16)22-18/h4-11H,3H2,1-2H3,(H,21,23)(H,24,25). The minimum Gasteiger partial charge on any atom is -0.494 e. The van der Waals surface area contributed by atoms with Gasteiger partial charge in [0.2, 0.25) is 5.91 Å². The van der Waals surface area contributed by atoms with Crippen LogP contribution in [0.1, 0.15) is 24.2 Å². The highest BCUT2D eigenvalue weighted by Gasteiger charge is 2.14. The second-order valence-corrected chi connectivity index (χ2v) is 5.73. The van der Waals surface area contributed by atoms with Crippen molar-refractivity contribution >= 4 is 28.5 Å². The Bertz CT molecular complexity index is 981. The molecule has 0 bridgehead atoms. The van der Waals surface area contributed by atoms with Crippen molar-refractivity contribution in [1.29, 1.82) is 0 Å². The number of aromatic nitrogens is 1. The number of carboxylic acids is 1. The van der Waals surface area contributed by atoms with E-state index in [2.05, 4.69) is 10.3 Å². The quantitative estimate of drug-likeness (QED) is 0.727. The zero-order chi connectivity index (χ0) is 18.7. The van der Waals surface area contributed by atoms with E-state index >= 15 is 0 Å². The van der Waals surface area contributed by atoms with Crippen LogP contribution in [0.15, 0.2) is 48.5 Å². The molecule has 0 saturated heterocycles. The summed E-state index contributed by atoms with van der Waals surface area (Å²) in [6, 6.07) is 13.8. The lowest BCUT2D eigenvalue weighted by molar-refractivity contribution is -0.114. The Morgan fingerprint density at radius 1 is 1.12 bits per heavy atom. The van der Waals surface area contributed by atoms with Gasteiger partial charge >= 0.3 is 5.97 Å². The van der Waals surface area contributed by atoms with Crippen LogP contribution in [0, 0.1) is 0 Å². The number of carboxylic acid groups (broad SMARTS) is 1. The lowest BCUT2D eigenvalue weighted by Gasteiger charge is -2.10. The zero-order valence-corrected chi connectivity index (χ0v) is 14.4. The van der Waals surface area contributed by atoms with E-state index in [0.717, 1.165) is 11.3 Å². The molecule has 0 saturated carbocycles. The molecule has 2 N–H and O–H groups in total. The smallest absolute Gasteiger partial charge is 0.336 e. The number of pyridine rings is 1. The molecular formula is C20H18N2O4. The molecule has 0 spiro atoms. The number of rotatable bonds is 5. The van der Waals surface area contributed by atoms with Crippen LogP contribution in [0.25, 0.3) is 22.2 Å². The van der Waals surface area contributed by atoms with Crippen molar-refractivity contribution < 1.29 is 19.4 Å². The van der Waals surface area contributed by atoms with Gasteiger partial charge in [-0.15, -0.1) is 0 Å². The first-order chi connectivity index (χ1) is 12.5. The van der Waals surface area contributed by atoms with Crippen LogP contribution >= 0.6 is 0 Å². The van der Waals surface area contributed by atoms with Crippen molar-refractivity contribution in [1.82, 2.24) is 4.98 Å². The number of anilines is 1. The summed E-state index contributed by atoms with van der Waals surface area (Å²) in [7, 11) is 0. The summed E-state index contributed by atoms with van der Waals surface area (Å²) in [5.74, 6) is -0.495. The molecule has 0 unspecified atom stereocenters. The Morgan fingerprint density at radius 2 is 1.85 bits per heavy atom. The van der Waals surface area contributed by atoms with Gasteiger partial charge in [-0.1, -0.05) is 0 Å². The van der Waals surface area contributed by atoms with Gasteiger partial charge in [0.25, 0.3) is 0 Å². The molecule has 0 fully saturated rings. The number of hydrogen-bond acceptors (Lipinski definition) is 4. The van der Waals surface area contributed by atoms with Crippen LogP contribution in [-0.4, -0.2) is 28.6 Å². The van der Waals surface area contributed by atoms with Crippen LogP contribution in [0.4, 0.5) is 5.69 Å². The number of nitrogens with one attached hydrogen (secondary N) is 1. The van der Waals surface area contributed by atoms with E-state index in [1.165, 1.54) is 6.92 Å². The third-order valence-corrected chi connectivity index (χ3v) is 3.82. The molecule has 3 rings (SSSR count). The maximum absolute atomic E-state index is 11.7. The molecule has 132 valence electrons. The molecule has 6 nitrogen and oxygen atoms in total. The van der Waals surface area contributed by atoms with Crippen LogP contribution in [0.2, 0.25) is 0 Å². The van der Waals surface area contributed by atoms with Gasteiger partial charge in [0.15, 0.2) is 0 Å². The summed E-state index contributed by atoms with van der Waals surface area (Å²) in [5, 5.41) is 12.8. The van der Waals surface area contributed by atoms with Crippen LogP contribution in [0.3, 0.4) is 0 Å². The Balaban J connectivity index is 2.12. The summed E-state index contributed by atoms with van der Waals surface area (Å²) in [6.45, 7) is 3.89. The van der Waals surface area contributed by atoms with Crippen molar-refractivity contribution in [2.24, 2.45) is 0 Å². The SMILES string of the molecule is CCOc1ccc(-c2cc(C(=O)O)c3ccc(NC(C)=O)cc3n2)cc1. The molecule has 0 radical (unpaired) electrons. The summed E-state index contributed by atoms with van der Waals surface area (Å²) < 4.78 is 5.43. The Kier molecular flexibility index (Phi) is 4.84. The minimum atomic E-state index is -1.03. The fraction of sp³-hybridized carbons (Fsp3) is 0.150. The molecule has 0 atom stereocenters. The zero-order valence-electron chi connectivity index (χ0n) is 14.4. The van der Waals surface area contributed by atoms with Crippen molar-refractivity contribution in [3.8, 4) is 17.0 Å². The van der Waals surface area contributed by atoms with Gasteiger partial charge in [0, 0.05) is 23.6 Å². The fourth-order valence-electron chi connectivity index (χ4n) is 2.72. The van der Waals surface area contributed by atoms with E-state index in [1.807, 2.05) is 31.2 Å². The molecule has 0 aliphatic heterocycles. The Hall–Kier alpha value is -3.41. The van der Waals surface area contributed by atoms with Crippen LogP contribution < -0.4 is 10.1 Å². The summed E-state index contributed by atoms with van der Waals surface area (Å²) in [4.78, 5) is 27.5. The first-order valence-corrected chi connectivity index (χ1v) is 8.17. The molecule has 1 aromatic heterocycles. The molecular weight excluding hydrogens is 332 g/mol. The third-order valence-electron chi connectivity index (χ3n) is 3.82. The van der Waals surface area contributed by atoms with E-state index in [0.29, 0.717) is 28.9 Å². The number of hydrogen-bond donors (Lipinski definition) is 2. The molecule has 6 heteroatoms. The first kappa shape index (κ1) is 17.4. The molecule has 2 aromatic carbocycles. The summed E-state index contributed by atoms with van der Waals surface area (Å²) >= 11 is 0. The lowest BCUT2D eigenvalue weighted by Crippen LogP contribution is -2.06. The number of carbonyl (C=O) groups is 2. The fourth-order valence-corrected chi connectivity index (χ4v) is 2.72. The molecule has 3 aromatic rings. The van der Waals surface area contributed by atoms with Crippen molar-refractivity contribution in [2.45, 2.75) is 13.8 Å². The molecule has 0 aliphatic carbocycles. The van der Waals surface area contributed by atoms with Gasteiger partial charge in [-0.2, -0.15) is 0 Å². The predicted octanol–water partition coefficient (Wildman–Crippen LogP) is 3.96. The van der Waals surface area contributed by atoms with Crippen LogP contribution in [0.5, 0.6) is 5.75 Å². The second-order valence-electron chi connectivity index (χ2n) is 5.73. The van der Waals surface area contributed by atoms with Gasteiger partial charge in [-0.05, 0) is 55.5 Å². The number of fused-ring (bicyclic) bond motifs is 1. The summed E-state index contributed by atoms with van der Waals surface area (Å²) in [5.41, 5.74) is 2.55. The normalized spacial score (nSPS) is 10.5. The number of benzene rings is 2. The third kappa shape index (κ3) is 3.64. The van der Waals surface area contributed by atoms with E-state index in [4.69, 9.17) is 4.74 Å². The highest BCUT2D eigenvalue weighted by molar-refractivity contribution is 6.05.